The number of hydrogen-bond donors (Lipinski definition) is 1. The van der Waals surface area contributed by atoms with Crippen molar-refractivity contribution in [2.45, 2.75) is 25.3 Å². The quantitative estimate of drug-likeness (QED) is 0.555. The van der Waals surface area contributed by atoms with Crippen LogP contribution in [0.5, 0.6) is 0 Å². The fourth-order valence-corrected chi connectivity index (χ4v) is 3.91. The molecule has 2 amide bonds. The van der Waals surface area contributed by atoms with Gasteiger partial charge in [-0.25, -0.2) is 4.98 Å². The summed E-state index contributed by atoms with van der Waals surface area (Å²) < 4.78 is 7.03. The van der Waals surface area contributed by atoms with Gasteiger partial charge < -0.3 is 10.1 Å². The molecule has 4 rings (SSSR count). The van der Waals surface area contributed by atoms with Gasteiger partial charge in [0.2, 0.25) is 11.9 Å². The van der Waals surface area contributed by atoms with Crippen LogP contribution in [0.15, 0.2) is 54.6 Å². The summed E-state index contributed by atoms with van der Waals surface area (Å²) in [6.07, 6.45) is 1.57. The predicted octanol–water partition coefficient (Wildman–Crippen LogP) is 2.71. The normalized spacial score (nSPS) is 15.6. The summed E-state index contributed by atoms with van der Waals surface area (Å²) in [5, 5.41) is 2.95. The molecule has 1 atom stereocenters. The van der Waals surface area contributed by atoms with E-state index in [0.717, 1.165) is 17.5 Å². The number of carbonyl (C=O) groups is 2. The highest BCUT2D eigenvalue weighted by Gasteiger charge is 2.40. The largest absolute Gasteiger partial charge is 0.385 e. The molecule has 0 aliphatic carbocycles. The predicted molar refractivity (Wildman–Crippen MR) is 115 cm³/mol. The van der Waals surface area contributed by atoms with Gasteiger partial charge in [-0.1, -0.05) is 42.5 Å². The van der Waals surface area contributed by atoms with Crippen LogP contribution < -0.4 is 10.2 Å². The summed E-state index contributed by atoms with van der Waals surface area (Å²) in [5.74, 6) is 0.392. The van der Waals surface area contributed by atoms with Crippen molar-refractivity contribution in [3.63, 3.8) is 0 Å². The Hall–Kier alpha value is -3.19. The van der Waals surface area contributed by atoms with Gasteiger partial charge in [0.1, 0.15) is 6.04 Å². The summed E-state index contributed by atoms with van der Waals surface area (Å²) in [6.45, 7) is 1.62. The number of fused-ring (bicyclic) bond motifs is 3. The van der Waals surface area contributed by atoms with E-state index in [1.54, 1.807) is 12.0 Å². The van der Waals surface area contributed by atoms with Gasteiger partial charge >= 0.3 is 0 Å². The number of rotatable bonds is 9. The Balaban J connectivity index is 1.48. The maximum absolute atomic E-state index is 13.1. The average Bonchev–Trinajstić information content (AvgIpc) is 3.25. The van der Waals surface area contributed by atoms with Crippen molar-refractivity contribution in [3.8, 4) is 0 Å². The zero-order valence-corrected chi connectivity index (χ0v) is 17.1. The molecule has 1 aromatic heterocycles. The van der Waals surface area contributed by atoms with E-state index in [-0.39, 0.29) is 18.2 Å². The van der Waals surface area contributed by atoms with Gasteiger partial charge in [-0.3, -0.25) is 19.1 Å². The molecule has 7 nitrogen and oxygen atoms in total. The zero-order chi connectivity index (χ0) is 20.9. The van der Waals surface area contributed by atoms with Gasteiger partial charge in [0.25, 0.3) is 5.91 Å². The lowest BCUT2D eigenvalue weighted by Crippen LogP contribution is -2.34. The topological polar surface area (TPSA) is 76.5 Å². The number of anilines is 1. The van der Waals surface area contributed by atoms with Gasteiger partial charge in [0.15, 0.2) is 0 Å². The number of nitrogens with one attached hydrogen (secondary N) is 1. The van der Waals surface area contributed by atoms with Crippen molar-refractivity contribution in [2.24, 2.45) is 0 Å². The number of nitrogens with zero attached hydrogens (tertiary/aromatic N) is 3. The Morgan fingerprint density at radius 2 is 1.90 bits per heavy atom. The maximum Gasteiger partial charge on any atom is 0.253 e. The van der Waals surface area contributed by atoms with Crippen molar-refractivity contribution >= 4 is 28.8 Å². The Morgan fingerprint density at radius 1 is 1.13 bits per heavy atom. The molecule has 3 aromatic rings. The molecule has 0 radical (unpaired) electrons. The lowest BCUT2D eigenvalue weighted by molar-refractivity contribution is -0.127. The van der Waals surface area contributed by atoms with Crippen LogP contribution in [0.3, 0.4) is 0 Å². The molecule has 1 aliphatic heterocycles. The van der Waals surface area contributed by atoms with E-state index in [1.807, 2.05) is 59.2 Å². The highest BCUT2D eigenvalue weighted by molar-refractivity contribution is 6.03. The Bertz CT molecular complexity index is 1030. The second kappa shape index (κ2) is 9.09. The average molecular weight is 406 g/mol. The van der Waals surface area contributed by atoms with Crippen molar-refractivity contribution in [1.29, 1.82) is 0 Å². The number of para-hydroxylation sites is 2. The smallest absolute Gasteiger partial charge is 0.253 e. The second-order valence-electron chi connectivity index (χ2n) is 7.41. The monoisotopic (exact) mass is 406 g/mol. The molecule has 0 fully saturated rings. The third-order valence-electron chi connectivity index (χ3n) is 5.37. The lowest BCUT2D eigenvalue weighted by Gasteiger charge is -2.15. The SMILES string of the molecule is COCCCN1C(=O)C(CC(=O)NCCc2ccccc2)n2c1nc1ccccc12. The molecule has 1 N–H and O–H groups in total. The van der Waals surface area contributed by atoms with Crippen molar-refractivity contribution in [1.82, 2.24) is 14.9 Å². The summed E-state index contributed by atoms with van der Waals surface area (Å²) in [7, 11) is 1.64. The number of carbonyl (C=O) groups excluding carboxylic acids is 2. The van der Waals surface area contributed by atoms with Gasteiger partial charge in [-0.15, -0.1) is 0 Å². The van der Waals surface area contributed by atoms with Crippen molar-refractivity contribution in [2.75, 3.05) is 31.7 Å². The number of ether oxygens (including phenoxy) is 1. The van der Waals surface area contributed by atoms with E-state index in [2.05, 4.69) is 10.3 Å². The summed E-state index contributed by atoms with van der Waals surface area (Å²) in [4.78, 5) is 32.1. The maximum atomic E-state index is 13.1. The molecule has 0 saturated heterocycles. The van der Waals surface area contributed by atoms with Crippen LogP contribution in [-0.2, 0) is 20.7 Å². The Kier molecular flexibility index (Phi) is 6.09. The molecule has 2 aromatic carbocycles. The second-order valence-corrected chi connectivity index (χ2v) is 7.41. The molecule has 30 heavy (non-hydrogen) atoms. The van der Waals surface area contributed by atoms with Crippen LogP contribution in [0.25, 0.3) is 11.0 Å². The van der Waals surface area contributed by atoms with Crippen LogP contribution >= 0.6 is 0 Å². The molecule has 2 heterocycles. The molecular formula is C23H26N4O3. The molecule has 0 saturated carbocycles. The van der Waals surface area contributed by atoms with Crippen molar-refractivity contribution < 1.29 is 14.3 Å². The number of benzene rings is 2. The first-order valence-corrected chi connectivity index (χ1v) is 10.3. The first-order chi connectivity index (χ1) is 14.7. The number of hydrogen-bond acceptors (Lipinski definition) is 4. The number of imidazole rings is 1. The van der Waals surface area contributed by atoms with Gasteiger partial charge in [-0.05, 0) is 30.5 Å². The van der Waals surface area contributed by atoms with Crippen LogP contribution in [-0.4, -0.2) is 48.2 Å². The summed E-state index contributed by atoms with van der Waals surface area (Å²) >= 11 is 0. The van der Waals surface area contributed by atoms with Gasteiger partial charge in [0.05, 0.1) is 17.5 Å². The standard InChI is InChI=1S/C23H26N4O3/c1-30-15-7-14-26-22(29)20(27-19-11-6-5-10-18(19)25-23(26)27)16-21(28)24-13-12-17-8-3-2-4-9-17/h2-6,8-11,20H,7,12-16H2,1H3,(H,24,28). The zero-order valence-electron chi connectivity index (χ0n) is 17.1. The third kappa shape index (κ3) is 4.07. The highest BCUT2D eigenvalue weighted by Crippen LogP contribution is 2.36. The van der Waals surface area contributed by atoms with E-state index < -0.39 is 6.04 Å². The fraction of sp³-hybridized carbons (Fsp3) is 0.348. The minimum atomic E-state index is -0.577. The molecule has 156 valence electrons. The molecule has 1 unspecified atom stereocenters. The van der Waals surface area contributed by atoms with E-state index in [4.69, 9.17) is 4.74 Å². The van der Waals surface area contributed by atoms with E-state index in [0.29, 0.717) is 32.1 Å². The first-order valence-electron chi connectivity index (χ1n) is 10.3. The van der Waals surface area contributed by atoms with Crippen LogP contribution in [0.4, 0.5) is 5.95 Å². The first kappa shape index (κ1) is 20.1. The lowest BCUT2D eigenvalue weighted by atomic mass is 10.1. The molecule has 0 spiro atoms. The number of amides is 2. The minimum absolute atomic E-state index is 0.0856. The van der Waals surface area contributed by atoms with Crippen LogP contribution in [0.1, 0.15) is 24.4 Å². The van der Waals surface area contributed by atoms with Crippen molar-refractivity contribution in [3.05, 3.63) is 60.2 Å². The van der Waals surface area contributed by atoms with E-state index in [1.165, 1.54) is 5.56 Å². The molecule has 7 heteroatoms. The Morgan fingerprint density at radius 3 is 2.70 bits per heavy atom. The summed E-state index contributed by atoms with van der Waals surface area (Å²) in [5.41, 5.74) is 2.87. The number of methoxy groups -OCH3 is 1. The summed E-state index contributed by atoms with van der Waals surface area (Å²) in [6, 6.07) is 17.2. The van der Waals surface area contributed by atoms with Gasteiger partial charge in [0, 0.05) is 26.8 Å². The highest BCUT2D eigenvalue weighted by atomic mass is 16.5. The van der Waals surface area contributed by atoms with Crippen LogP contribution in [0, 0.1) is 0 Å². The minimum Gasteiger partial charge on any atom is -0.385 e. The van der Waals surface area contributed by atoms with Gasteiger partial charge in [-0.2, -0.15) is 0 Å². The third-order valence-corrected chi connectivity index (χ3v) is 5.37. The molecule has 0 bridgehead atoms. The molecular weight excluding hydrogens is 380 g/mol. The van der Waals surface area contributed by atoms with E-state index >= 15 is 0 Å². The van der Waals surface area contributed by atoms with E-state index in [9.17, 15) is 9.59 Å². The molecule has 1 aliphatic rings. The Labute approximate surface area is 175 Å². The fourth-order valence-electron chi connectivity index (χ4n) is 3.91. The number of aromatic nitrogens is 2. The van der Waals surface area contributed by atoms with Crippen LogP contribution in [0.2, 0.25) is 0 Å².